The first-order valence-electron chi connectivity index (χ1n) is 7.92. The Labute approximate surface area is 151 Å². The summed E-state index contributed by atoms with van der Waals surface area (Å²) in [6.07, 6.45) is 5.39. The number of ether oxygens (including phenoxy) is 1. The molecule has 26 heavy (non-hydrogen) atoms. The number of para-hydroxylation sites is 1. The SMILES string of the molecule is CC1(C)OC(=C(C#N)C#N)C(C#N)=C1/C=C/c1cccc2cccnc12. The number of aromatic nitrogens is 1. The van der Waals surface area contributed by atoms with Crippen LogP contribution in [0.3, 0.4) is 0 Å². The van der Waals surface area contributed by atoms with Crippen LogP contribution in [0.4, 0.5) is 0 Å². The molecule has 0 unspecified atom stereocenters. The zero-order chi connectivity index (χ0) is 18.7. The van der Waals surface area contributed by atoms with Crippen LogP contribution in [0, 0.1) is 34.0 Å². The molecule has 5 nitrogen and oxygen atoms in total. The van der Waals surface area contributed by atoms with E-state index in [1.807, 2.05) is 36.4 Å². The maximum Gasteiger partial charge on any atom is 0.172 e. The number of pyridine rings is 1. The molecule has 3 rings (SSSR count). The van der Waals surface area contributed by atoms with Gasteiger partial charge >= 0.3 is 0 Å². The Balaban J connectivity index is 2.15. The van der Waals surface area contributed by atoms with E-state index in [0.29, 0.717) is 5.57 Å². The van der Waals surface area contributed by atoms with Crippen LogP contribution in [0.1, 0.15) is 19.4 Å². The third-order valence-electron chi connectivity index (χ3n) is 4.16. The van der Waals surface area contributed by atoms with Gasteiger partial charge in [0.05, 0.1) is 5.52 Å². The third-order valence-corrected chi connectivity index (χ3v) is 4.16. The van der Waals surface area contributed by atoms with Crippen LogP contribution in [0.15, 0.2) is 65.1 Å². The highest BCUT2D eigenvalue weighted by Gasteiger charge is 2.38. The summed E-state index contributed by atoms with van der Waals surface area (Å²) in [6, 6.07) is 15.4. The van der Waals surface area contributed by atoms with Crippen LogP contribution >= 0.6 is 0 Å². The molecule has 2 heterocycles. The lowest BCUT2D eigenvalue weighted by Gasteiger charge is -2.20. The summed E-state index contributed by atoms with van der Waals surface area (Å²) < 4.78 is 5.76. The molecule has 0 bridgehead atoms. The van der Waals surface area contributed by atoms with Crippen molar-refractivity contribution in [2.24, 2.45) is 0 Å². The lowest BCUT2D eigenvalue weighted by Crippen LogP contribution is -2.20. The second-order valence-corrected chi connectivity index (χ2v) is 6.20. The number of benzene rings is 1. The van der Waals surface area contributed by atoms with E-state index < -0.39 is 5.60 Å². The number of fused-ring (bicyclic) bond motifs is 1. The molecule has 0 atom stereocenters. The maximum atomic E-state index is 9.56. The molecule has 0 N–H and O–H groups in total. The van der Waals surface area contributed by atoms with E-state index in [2.05, 4.69) is 11.1 Å². The standard InChI is InChI=1S/C21H14N4O/c1-21(2)18(17(13-24)20(26-21)16(11-22)12-23)9-8-15-6-3-5-14-7-4-10-25-19(14)15/h3-10H,1-2H3/b9-8+. The van der Waals surface area contributed by atoms with E-state index in [1.54, 1.807) is 38.3 Å². The second-order valence-electron chi connectivity index (χ2n) is 6.20. The Bertz CT molecular complexity index is 1090. The summed E-state index contributed by atoms with van der Waals surface area (Å²) >= 11 is 0. The Hall–Kier alpha value is -3.88. The minimum Gasteiger partial charge on any atom is -0.480 e. The molecule has 0 radical (unpaired) electrons. The first-order chi connectivity index (χ1) is 12.5. The van der Waals surface area contributed by atoms with Crippen LogP contribution in [0.25, 0.3) is 17.0 Å². The van der Waals surface area contributed by atoms with Crippen molar-refractivity contribution in [1.82, 2.24) is 4.98 Å². The van der Waals surface area contributed by atoms with Gasteiger partial charge in [0.15, 0.2) is 11.3 Å². The molecule has 0 spiro atoms. The van der Waals surface area contributed by atoms with Crippen LogP contribution in [-0.4, -0.2) is 10.6 Å². The fourth-order valence-corrected chi connectivity index (χ4v) is 2.92. The number of nitriles is 3. The molecule has 0 saturated carbocycles. The highest BCUT2D eigenvalue weighted by Crippen LogP contribution is 2.40. The number of hydrogen-bond donors (Lipinski definition) is 0. The second kappa shape index (κ2) is 6.55. The van der Waals surface area contributed by atoms with Crippen molar-refractivity contribution >= 4 is 17.0 Å². The molecular formula is C21H14N4O. The van der Waals surface area contributed by atoms with Crippen LogP contribution in [0.5, 0.6) is 0 Å². The lowest BCUT2D eigenvalue weighted by molar-refractivity contribution is 0.0954. The van der Waals surface area contributed by atoms with E-state index >= 15 is 0 Å². The molecule has 0 amide bonds. The minimum absolute atomic E-state index is 0.0400. The first-order valence-corrected chi connectivity index (χ1v) is 7.92. The zero-order valence-corrected chi connectivity index (χ0v) is 14.3. The maximum absolute atomic E-state index is 9.56. The fourth-order valence-electron chi connectivity index (χ4n) is 2.92. The molecule has 1 aromatic heterocycles. The van der Waals surface area contributed by atoms with Crippen molar-refractivity contribution in [2.45, 2.75) is 19.4 Å². The van der Waals surface area contributed by atoms with Gasteiger partial charge < -0.3 is 4.74 Å². The summed E-state index contributed by atoms with van der Waals surface area (Å²) in [7, 11) is 0. The Morgan fingerprint density at radius 1 is 1.08 bits per heavy atom. The van der Waals surface area contributed by atoms with Crippen molar-refractivity contribution in [3.63, 3.8) is 0 Å². The van der Waals surface area contributed by atoms with Gasteiger partial charge in [0.25, 0.3) is 0 Å². The minimum atomic E-state index is -0.826. The van der Waals surface area contributed by atoms with Crippen molar-refractivity contribution in [3.05, 3.63) is 70.6 Å². The van der Waals surface area contributed by atoms with Crippen molar-refractivity contribution in [1.29, 1.82) is 15.8 Å². The largest absolute Gasteiger partial charge is 0.480 e. The Kier molecular flexibility index (Phi) is 4.27. The monoisotopic (exact) mass is 338 g/mol. The predicted molar refractivity (Wildman–Crippen MR) is 96.8 cm³/mol. The van der Waals surface area contributed by atoms with Gasteiger partial charge in [0.2, 0.25) is 0 Å². The molecule has 0 fully saturated rings. The molecule has 5 heteroatoms. The highest BCUT2D eigenvalue weighted by atomic mass is 16.5. The number of nitrogens with zero attached hydrogens (tertiary/aromatic N) is 4. The molecular weight excluding hydrogens is 324 g/mol. The summed E-state index contributed by atoms with van der Waals surface area (Å²) in [5.74, 6) is 0.0400. The Morgan fingerprint density at radius 3 is 2.50 bits per heavy atom. The molecule has 0 aliphatic carbocycles. The van der Waals surface area contributed by atoms with Crippen molar-refractivity contribution < 1.29 is 4.74 Å². The average molecular weight is 338 g/mol. The molecule has 1 aliphatic rings. The van der Waals surface area contributed by atoms with Gasteiger partial charge in [-0.25, -0.2) is 0 Å². The predicted octanol–water partition coefficient (Wildman–Crippen LogP) is 4.18. The molecule has 1 aliphatic heterocycles. The third kappa shape index (κ3) is 2.81. The topological polar surface area (TPSA) is 93.5 Å². The number of hydrogen-bond acceptors (Lipinski definition) is 5. The molecule has 2 aromatic rings. The molecule has 1 aromatic carbocycles. The molecule has 0 saturated heterocycles. The van der Waals surface area contributed by atoms with Gasteiger partial charge in [-0.1, -0.05) is 36.4 Å². The first kappa shape index (κ1) is 17.0. The quantitative estimate of drug-likeness (QED) is 0.766. The number of rotatable bonds is 2. The van der Waals surface area contributed by atoms with Crippen LogP contribution in [0.2, 0.25) is 0 Å². The average Bonchev–Trinajstić information content (AvgIpc) is 2.90. The van der Waals surface area contributed by atoms with Crippen molar-refractivity contribution in [2.75, 3.05) is 0 Å². The van der Waals surface area contributed by atoms with Gasteiger partial charge in [-0.3, -0.25) is 4.98 Å². The van der Waals surface area contributed by atoms with Gasteiger partial charge in [-0.15, -0.1) is 0 Å². The van der Waals surface area contributed by atoms with Crippen molar-refractivity contribution in [3.8, 4) is 18.2 Å². The Morgan fingerprint density at radius 2 is 1.81 bits per heavy atom. The van der Waals surface area contributed by atoms with Gasteiger partial charge in [0.1, 0.15) is 29.4 Å². The van der Waals surface area contributed by atoms with E-state index in [-0.39, 0.29) is 16.9 Å². The van der Waals surface area contributed by atoms with Crippen LogP contribution in [-0.2, 0) is 4.74 Å². The summed E-state index contributed by atoms with van der Waals surface area (Å²) in [4.78, 5) is 4.41. The smallest absolute Gasteiger partial charge is 0.172 e. The van der Waals surface area contributed by atoms with E-state index in [9.17, 15) is 5.26 Å². The normalized spacial score (nSPS) is 15.4. The summed E-state index contributed by atoms with van der Waals surface area (Å²) in [5.41, 5.74) is 1.55. The lowest BCUT2D eigenvalue weighted by atomic mass is 9.94. The highest BCUT2D eigenvalue weighted by molar-refractivity contribution is 5.87. The van der Waals surface area contributed by atoms with E-state index in [4.69, 9.17) is 15.3 Å². The summed E-state index contributed by atoms with van der Waals surface area (Å²) in [6.45, 7) is 3.59. The summed E-state index contributed by atoms with van der Waals surface area (Å²) in [5, 5.41) is 28.8. The van der Waals surface area contributed by atoms with E-state index in [0.717, 1.165) is 16.5 Å². The number of allylic oxidation sites excluding steroid dienone is 2. The van der Waals surface area contributed by atoms with E-state index in [1.165, 1.54) is 0 Å². The zero-order valence-electron chi connectivity index (χ0n) is 14.3. The molecule has 124 valence electrons. The van der Waals surface area contributed by atoms with Crippen LogP contribution < -0.4 is 0 Å². The fraction of sp³-hybridized carbons (Fsp3) is 0.143. The van der Waals surface area contributed by atoms with Gasteiger partial charge in [-0.2, -0.15) is 15.8 Å². The van der Waals surface area contributed by atoms with Gasteiger partial charge in [0, 0.05) is 22.7 Å². The van der Waals surface area contributed by atoms with Gasteiger partial charge in [-0.05, 0) is 19.9 Å².